The van der Waals surface area contributed by atoms with Crippen molar-refractivity contribution in [3.63, 3.8) is 0 Å². The molecule has 1 aliphatic carbocycles. The van der Waals surface area contributed by atoms with E-state index >= 15 is 0 Å². The Bertz CT molecular complexity index is 542. The van der Waals surface area contributed by atoms with Crippen LogP contribution < -0.4 is 10.6 Å². The highest BCUT2D eigenvalue weighted by molar-refractivity contribution is 6.23. The van der Waals surface area contributed by atoms with Crippen molar-refractivity contribution in [2.75, 3.05) is 13.1 Å². The van der Waals surface area contributed by atoms with Gasteiger partial charge in [0.25, 0.3) is 5.91 Å². The molecule has 2 N–H and O–H groups in total. The Balaban J connectivity index is 2.04. The fourth-order valence-corrected chi connectivity index (χ4v) is 3.73. The SMILES string of the molecule is CCNCC1=C(c2ccccc2)C(=O)NC12CCCCC2. The van der Waals surface area contributed by atoms with Gasteiger partial charge in [-0.1, -0.05) is 56.5 Å². The fraction of sp³-hybridized carbons (Fsp3) is 0.500. The summed E-state index contributed by atoms with van der Waals surface area (Å²) in [4.78, 5) is 12.6. The summed E-state index contributed by atoms with van der Waals surface area (Å²) in [5, 5.41) is 6.76. The first-order valence-corrected chi connectivity index (χ1v) is 8.09. The van der Waals surface area contributed by atoms with Gasteiger partial charge in [0.05, 0.1) is 5.54 Å². The Labute approximate surface area is 126 Å². The molecular formula is C18H24N2O. The van der Waals surface area contributed by atoms with Crippen LogP contribution in [0.15, 0.2) is 35.9 Å². The van der Waals surface area contributed by atoms with Crippen molar-refractivity contribution < 1.29 is 4.79 Å². The van der Waals surface area contributed by atoms with Gasteiger partial charge in [0, 0.05) is 12.1 Å². The van der Waals surface area contributed by atoms with E-state index in [1.807, 2.05) is 30.3 Å². The molecule has 0 aromatic heterocycles. The summed E-state index contributed by atoms with van der Waals surface area (Å²) in [5.41, 5.74) is 3.13. The molecule has 0 radical (unpaired) electrons. The first-order valence-electron chi connectivity index (χ1n) is 8.09. The molecule has 1 spiro atoms. The summed E-state index contributed by atoms with van der Waals surface area (Å²) >= 11 is 0. The van der Waals surface area contributed by atoms with Gasteiger partial charge in [0.15, 0.2) is 0 Å². The average Bonchev–Trinajstić information content (AvgIpc) is 2.78. The third kappa shape index (κ3) is 2.62. The van der Waals surface area contributed by atoms with Gasteiger partial charge in [-0.15, -0.1) is 0 Å². The Morgan fingerprint density at radius 3 is 2.52 bits per heavy atom. The van der Waals surface area contributed by atoms with Gasteiger partial charge >= 0.3 is 0 Å². The van der Waals surface area contributed by atoms with E-state index in [2.05, 4.69) is 17.6 Å². The molecule has 3 nitrogen and oxygen atoms in total. The Morgan fingerprint density at radius 1 is 1.14 bits per heavy atom. The van der Waals surface area contributed by atoms with E-state index in [0.717, 1.165) is 37.1 Å². The molecule has 2 aliphatic rings. The predicted molar refractivity (Wildman–Crippen MR) is 85.9 cm³/mol. The summed E-state index contributed by atoms with van der Waals surface area (Å²) in [7, 11) is 0. The number of rotatable bonds is 4. The number of hydrogen-bond donors (Lipinski definition) is 2. The third-order valence-corrected chi connectivity index (χ3v) is 4.78. The van der Waals surface area contributed by atoms with Crippen molar-refractivity contribution in [2.24, 2.45) is 0 Å². The zero-order chi connectivity index (χ0) is 14.7. The molecule has 0 atom stereocenters. The molecule has 3 heteroatoms. The van der Waals surface area contributed by atoms with Crippen molar-refractivity contribution in [2.45, 2.75) is 44.6 Å². The Kier molecular flexibility index (Phi) is 4.11. The highest BCUT2D eigenvalue weighted by Gasteiger charge is 2.45. The van der Waals surface area contributed by atoms with Gasteiger partial charge in [-0.2, -0.15) is 0 Å². The first-order chi connectivity index (χ1) is 10.3. The predicted octanol–water partition coefficient (Wildman–Crippen LogP) is 2.88. The zero-order valence-electron chi connectivity index (χ0n) is 12.7. The molecule has 1 heterocycles. The summed E-state index contributed by atoms with van der Waals surface area (Å²) in [6.07, 6.45) is 5.86. The Morgan fingerprint density at radius 2 is 1.86 bits per heavy atom. The lowest BCUT2D eigenvalue weighted by Crippen LogP contribution is -2.47. The van der Waals surface area contributed by atoms with Crippen molar-refractivity contribution in [3.8, 4) is 0 Å². The Hall–Kier alpha value is -1.61. The lowest BCUT2D eigenvalue weighted by Gasteiger charge is -2.36. The van der Waals surface area contributed by atoms with Crippen LogP contribution in [-0.4, -0.2) is 24.5 Å². The molecule has 0 bridgehead atoms. The standard InChI is InChI=1S/C18H24N2O/c1-2-19-13-15-16(14-9-5-3-6-10-14)17(21)20-18(15)11-7-4-8-12-18/h3,5-6,9-10,19H,2,4,7-8,11-13H2,1H3,(H,20,21). The fourth-order valence-electron chi connectivity index (χ4n) is 3.73. The van der Waals surface area contributed by atoms with Gasteiger partial charge in [-0.3, -0.25) is 4.79 Å². The van der Waals surface area contributed by atoms with Crippen molar-refractivity contribution >= 4 is 11.5 Å². The molecule has 1 aromatic carbocycles. The van der Waals surface area contributed by atoms with Crippen molar-refractivity contribution in [1.82, 2.24) is 10.6 Å². The number of nitrogens with one attached hydrogen (secondary N) is 2. The monoisotopic (exact) mass is 284 g/mol. The third-order valence-electron chi connectivity index (χ3n) is 4.78. The summed E-state index contributed by atoms with van der Waals surface area (Å²) in [6, 6.07) is 10.1. The van der Waals surface area contributed by atoms with Crippen LogP contribution >= 0.6 is 0 Å². The quantitative estimate of drug-likeness (QED) is 0.892. The highest BCUT2D eigenvalue weighted by atomic mass is 16.2. The topological polar surface area (TPSA) is 41.1 Å². The molecule has 1 saturated carbocycles. The van der Waals surface area contributed by atoms with Crippen LogP contribution in [0.5, 0.6) is 0 Å². The van der Waals surface area contributed by atoms with Gasteiger partial charge in [-0.05, 0) is 30.5 Å². The molecule has 21 heavy (non-hydrogen) atoms. The lowest BCUT2D eigenvalue weighted by atomic mass is 9.76. The number of hydrogen-bond acceptors (Lipinski definition) is 2. The van der Waals surface area contributed by atoms with Gasteiger partial charge < -0.3 is 10.6 Å². The lowest BCUT2D eigenvalue weighted by molar-refractivity contribution is -0.116. The smallest absolute Gasteiger partial charge is 0.252 e. The van der Waals surface area contributed by atoms with Crippen LogP contribution in [0, 0.1) is 0 Å². The van der Waals surface area contributed by atoms with E-state index in [1.165, 1.54) is 24.8 Å². The van der Waals surface area contributed by atoms with Crippen LogP contribution in [0.1, 0.15) is 44.6 Å². The molecule has 112 valence electrons. The van der Waals surface area contributed by atoms with Crippen LogP contribution in [-0.2, 0) is 4.79 Å². The maximum Gasteiger partial charge on any atom is 0.252 e. The van der Waals surface area contributed by atoms with Crippen LogP contribution in [0.25, 0.3) is 5.57 Å². The van der Waals surface area contributed by atoms with E-state index in [-0.39, 0.29) is 11.4 Å². The number of carbonyl (C=O) groups excluding carboxylic acids is 1. The summed E-state index contributed by atoms with van der Waals surface area (Å²) in [6.45, 7) is 3.84. The van der Waals surface area contributed by atoms with Crippen LogP contribution in [0.2, 0.25) is 0 Å². The maximum atomic E-state index is 12.6. The molecule has 1 aliphatic heterocycles. The van der Waals surface area contributed by atoms with E-state index in [9.17, 15) is 4.79 Å². The molecule has 1 amide bonds. The second-order valence-electron chi connectivity index (χ2n) is 6.10. The average molecular weight is 284 g/mol. The van der Waals surface area contributed by atoms with Gasteiger partial charge in [-0.25, -0.2) is 0 Å². The second kappa shape index (κ2) is 6.02. The van der Waals surface area contributed by atoms with Crippen LogP contribution in [0.3, 0.4) is 0 Å². The van der Waals surface area contributed by atoms with E-state index < -0.39 is 0 Å². The second-order valence-corrected chi connectivity index (χ2v) is 6.10. The van der Waals surface area contributed by atoms with Crippen molar-refractivity contribution in [3.05, 3.63) is 41.5 Å². The summed E-state index contributed by atoms with van der Waals surface area (Å²) < 4.78 is 0. The minimum Gasteiger partial charge on any atom is -0.343 e. The zero-order valence-corrected chi connectivity index (χ0v) is 12.7. The van der Waals surface area contributed by atoms with E-state index in [1.54, 1.807) is 0 Å². The molecule has 1 aromatic rings. The normalized spacial score (nSPS) is 20.9. The molecule has 0 saturated heterocycles. The number of carbonyl (C=O) groups is 1. The molecule has 1 fully saturated rings. The number of benzene rings is 1. The van der Waals surface area contributed by atoms with E-state index in [0.29, 0.717) is 0 Å². The maximum absolute atomic E-state index is 12.6. The molecular weight excluding hydrogens is 260 g/mol. The summed E-state index contributed by atoms with van der Waals surface area (Å²) in [5.74, 6) is 0.107. The number of amides is 1. The number of likely N-dealkylation sites (N-methyl/N-ethyl adjacent to an activating group) is 1. The van der Waals surface area contributed by atoms with Crippen LogP contribution in [0.4, 0.5) is 0 Å². The van der Waals surface area contributed by atoms with Crippen molar-refractivity contribution in [1.29, 1.82) is 0 Å². The van der Waals surface area contributed by atoms with E-state index in [4.69, 9.17) is 0 Å². The minimum absolute atomic E-state index is 0.0946. The van der Waals surface area contributed by atoms with Gasteiger partial charge in [0.1, 0.15) is 0 Å². The molecule has 0 unspecified atom stereocenters. The highest BCUT2D eigenvalue weighted by Crippen LogP contribution is 2.42. The molecule has 3 rings (SSSR count). The first kappa shape index (κ1) is 14.3. The largest absolute Gasteiger partial charge is 0.343 e. The van der Waals surface area contributed by atoms with Gasteiger partial charge in [0.2, 0.25) is 0 Å². The minimum atomic E-state index is -0.0946.